The molecule has 4 nitrogen and oxygen atoms in total. The fraction of sp³-hybridized carbons (Fsp3) is 0.364. The number of hydrogen-bond acceptors (Lipinski definition) is 4. The molecule has 0 aromatic heterocycles. The van der Waals surface area contributed by atoms with E-state index in [4.69, 9.17) is 29.6 Å². The second kappa shape index (κ2) is 5.97. The van der Waals surface area contributed by atoms with E-state index in [0.717, 1.165) is 17.9 Å². The van der Waals surface area contributed by atoms with Gasteiger partial charge >= 0.3 is 0 Å². The molecule has 1 atom stereocenters. The van der Waals surface area contributed by atoms with Gasteiger partial charge < -0.3 is 5.73 Å². The monoisotopic (exact) mass is 336 g/mol. The number of nitrogens with one attached hydrogen (secondary N) is 1. The summed E-state index contributed by atoms with van der Waals surface area (Å²) in [7, 11) is -3.54. The van der Waals surface area contributed by atoms with Crippen LogP contribution in [0.5, 0.6) is 0 Å². The smallest absolute Gasteiger partial charge is 0.240 e. The van der Waals surface area contributed by atoms with Gasteiger partial charge in [-0.2, -0.15) is 11.8 Å². The Hall–Kier alpha value is -0.340. The molecule has 1 heterocycles. The number of nitrogens with two attached hydrogens (primary N) is 1. The number of thiocarbonyl (C=S) groups is 1. The van der Waals surface area contributed by atoms with E-state index in [9.17, 15) is 8.42 Å². The molecular weight excluding hydrogens is 324 g/mol. The molecule has 3 N–H and O–H groups in total. The molecule has 0 radical (unpaired) electrons. The zero-order chi connectivity index (χ0) is 14.0. The van der Waals surface area contributed by atoms with Gasteiger partial charge in [0.25, 0.3) is 0 Å². The standard InChI is InChI=1S/C11H13ClN2O2S3/c12-10-5-8(1-2-9(10)11(13)17)19(15,16)14-7-3-4-18-6-7/h1-2,5,7,14H,3-4,6H2,(H2,13,17). The lowest BCUT2D eigenvalue weighted by Crippen LogP contribution is -2.34. The van der Waals surface area contributed by atoms with Crippen LogP contribution in [-0.4, -0.2) is 31.0 Å². The summed E-state index contributed by atoms with van der Waals surface area (Å²) in [6, 6.07) is 4.36. The Balaban J connectivity index is 2.25. The minimum absolute atomic E-state index is 0.0102. The molecule has 1 aromatic rings. The molecular formula is C11H13ClN2O2S3. The van der Waals surface area contributed by atoms with Crippen LogP contribution in [0.4, 0.5) is 0 Å². The van der Waals surface area contributed by atoms with Crippen molar-refractivity contribution in [3.05, 3.63) is 28.8 Å². The van der Waals surface area contributed by atoms with Crippen molar-refractivity contribution in [1.29, 1.82) is 0 Å². The second-order valence-corrected chi connectivity index (χ2v) is 7.90. The number of halogens is 1. The van der Waals surface area contributed by atoms with Gasteiger partial charge in [-0.3, -0.25) is 0 Å². The normalized spacial score (nSPS) is 19.5. The predicted molar refractivity (Wildman–Crippen MR) is 83.4 cm³/mol. The van der Waals surface area contributed by atoms with E-state index < -0.39 is 10.0 Å². The number of benzene rings is 1. The molecule has 1 aromatic carbocycles. The van der Waals surface area contributed by atoms with Gasteiger partial charge in [-0.25, -0.2) is 13.1 Å². The molecule has 0 spiro atoms. The van der Waals surface area contributed by atoms with E-state index in [1.165, 1.54) is 18.2 Å². The molecule has 1 aliphatic rings. The lowest BCUT2D eigenvalue weighted by atomic mass is 10.2. The van der Waals surface area contributed by atoms with Gasteiger partial charge in [-0.05, 0) is 30.4 Å². The summed E-state index contributed by atoms with van der Waals surface area (Å²) in [5.41, 5.74) is 5.96. The number of rotatable bonds is 4. The highest BCUT2D eigenvalue weighted by Crippen LogP contribution is 2.23. The van der Waals surface area contributed by atoms with Gasteiger partial charge in [0.15, 0.2) is 0 Å². The number of sulfonamides is 1. The van der Waals surface area contributed by atoms with Crippen molar-refractivity contribution in [1.82, 2.24) is 4.72 Å². The number of hydrogen-bond donors (Lipinski definition) is 2. The summed E-state index contributed by atoms with van der Waals surface area (Å²) in [5, 5.41) is 0.246. The van der Waals surface area contributed by atoms with Crippen molar-refractivity contribution in [3.8, 4) is 0 Å². The number of thioether (sulfide) groups is 1. The van der Waals surface area contributed by atoms with Crippen molar-refractivity contribution in [3.63, 3.8) is 0 Å². The summed E-state index contributed by atoms with van der Waals surface area (Å²) in [6.45, 7) is 0. The van der Waals surface area contributed by atoms with Crippen LogP contribution in [0.3, 0.4) is 0 Å². The van der Waals surface area contributed by atoms with Crippen molar-refractivity contribution < 1.29 is 8.42 Å². The lowest BCUT2D eigenvalue weighted by Gasteiger charge is -2.13. The Morgan fingerprint density at radius 1 is 1.53 bits per heavy atom. The summed E-state index contributed by atoms with van der Waals surface area (Å²) in [5.74, 6) is 1.78. The molecule has 0 aliphatic carbocycles. The maximum absolute atomic E-state index is 12.2. The van der Waals surface area contributed by atoms with E-state index in [-0.39, 0.29) is 20.9 Å². The first-order chi connectivity index (χ1) is 8.90. The molecule has 1 unspecified atom stereocenters. The molecule has 2 rings (SSSR count). The van der Waals surface area contributed by atoms with Crippen LogP contribution >= 0.6 is 35.6 Å². The molecule has 19 heavy (non-hydrogen) atoms. The Morgan fingerprint density at radius 3 is 2.79 bits per heavy atom. The van der Waals surface area contributed by atoms with E-state index >= 15 is 0 Å². The Morgan fingerprint density at radius 2 is 2.26 bits per heavy atom. The van der Waals surface area contributed by atoms with Crippen LogP contribution in [0.1, 0.15) is 12.0 Å². The highest BCUT2D eigenvalue weighted by molar-refractivity contribution is 7.99. The quantitative estimate of drug-likeness (QED) is 0.820. The lowest BCUT2D eigenvalue weighted by molar-refractivity contribution is 0.563. The maximum atomic E-state index is 12.2. The van der Waals surface area contributed by atoms with E-state index in [2.05, 4.69) is 4.72 Å². The molecule has 1 aliphatic heterocycles. The minimum atomic E-state index is -3.54. The van der Waals surface area contributed by atoms with E-state index in [1.807, 2.05) is 0 Å². The minimum Gasteiger partial charge on any atom is -0.389 e. The summed E-state index contributed by atoms with van der Waals surface area (Å²) in [6.07, 6.45) is 0.850. The van der Waals surface area contributed by atoms with Crippen molar-refractivity contribution in [2.75, 3.05) is 11.5 Å². The van der Waals surface area contributed by atoms with Crippen LogP contribution in [0.25, 0.3) is 0 Å². The maximum Gasteiger partial charge on any atom is 0.240 e. The van der Waals surface area contributed by atoms with Crippen molar-refractivity contribution >= 4 is 50.6 Å². The Kier molecular flexibility index (Phi) is 4.73. The molecule has 0 saturated carbocycles. The highest BCUT2D eigenvalue weighted by Gasteiger charge is 2.23. The zero-order valence-electron chi connectivity index (χ0n) is 9.93. The molecule has 1 saturated heterocycles. The summed E-state index contributed by atoms with van der Waals surface area (Å²) in [4.78, 5) is 0.281. The average molecular weight is 337 g/mol. The van der Waals surface area contributed by atoms with Crippen LogP contribution in [-0.2, 0) is 10.0 Å². The Bertz CT molecular complexity index is 598. The first-order valence-corrected chi connectivity index (χ1v) is 9.02. The highest BCUT2D eigenvalue weighted by atomic mass is 35.5. The van der Waals surface area contributed by atoms with Crippen LogP contribution < -0.4 is 10.5 Å². The third kappa shape index (κ3) is 3.61. The van der Waals surface area contributed by atoms with Gasteiger partial charge in [0.05, 0.1) is 9.92 Å². The first kappa shape index (κ1) is 15.1. The summed E-state index contributed by atoms with van der Waals surface area (Å²) < 4.78 is 27.0. The average Bonchev–Trinajstić information content (AvgIpc) is 2.80. The third-order valence-corrected chi connectivity index (χ3v) is 5.98. The van der Waals surface area contributed by atoms with Gasteiger partial charge in [0.1, 0.15) is 4.99 Å². The predicted octanol–water partition coefficient (Wildman–Crippen LogP) is 1.76. The zero-order valence-corrected chi connectivity index (χ0v) is 13.1. The topological polar surface area (TPSA) is 72.2 Å². The molecule has 104 valence electrons. The van der Waals surface area contributed by atoms with E-state index in [1.54, 1.807) is 11.8 Å². The second-order valence-electron chi connectivity index (χ2n) is 4.19. The van der Waals surface area contributed by atoms with Crippen LogP contribution in [0, 0.1) is 0 Å². The SMILES string of the molecule is NC(=S)c1ccc(S(=O)(=O)NC2CCSC2)cc1Cl. The molecule has 0 bridgehead atoms. The Labute approximate surface area is 127 Å². The largest absolute Gasteiger partial charge is 0.389 e. The fourth-order valence-electron chi connectivity index (χ4n) is 1.78. The van der Waals surface area contributed by atoms with Crippen molar-refractivity contribution in [2.24, 2.45) is 5.73 Å². The summed E-state index contributed by atoms with van der Waals surface area (Å²) >= 11 is 12.6. The first-order valence-electron chi connectivity index (χ1n) is 5.59. The van der Waals surface area contributed by atoms with Crippen LogP contribution in [0.15, 0.2) is 23.1 Å². The van der Waals surface area contributed by atoms with Crippen molar-refractivity contribution in [2.45, 2.75) is 17.4 Å². The molecule has 8 heteroatoms. The van der Waals surface area contributed by atoms with Gasteiger partial charge in [0, 0.05) is 17.4 Å². The molecule has 0 amide bonds. The molecule has 1 fully saturated rings. The third-order valence-electron chi connectivity index (χ3n) is 2.77. The van der Waals surface area contributed by atoms with E-state index in [0.29, 0.717) is 5.56 Å². The fourth-order valence-corrected chi connectivity index (χ4v) is 4.91. The van der Waals surface area contributed by atoms with Gasteiger partial charge in [0.2, 0.25) is 10.0 Å². The van der Waals surface area contributed by atoms with Crippen LogP contribution in [0.2, 0.25) is 5.02 Å². The van der Waals surface area contributed by atoms with Gasteiger partial charge in [-0.1, -0.05) is 23.8 Å². The van der Waals surface area contributed by atoms with Gasteiger partial charge in [-0.15, -0.1) is 0 Å².